The van der Waals surface area contributed by atoms with Crippen LogP contribution in [0.1, 0.15) is 13.8 Å². The first-order valence-electron chi connectivity index (χ1n) is 4.89. The first-order valence-corrected chi connectivity index (χ1v) is 7.26. The number of hydrogen-bond acceptors (Lipinski definition) is 5. The first kappa shape index (κ1) is 13.9. The zero-order valence-corrected chi connectivity index (χ0v) is 11.1. The van der Waals surface area contributed by atoms with Crippen molar-refractivity contribution in [3.63, 3.8) is 0 Å². The van der Waals surface area contributed by atoms with E-state index in [-0.39, 0.29) is 10.1 Å². The van der Waals surface area contributed by atoms with Crippen LogP contribution in [0.15, 0.2) is 15.7 Å². The van der Waals surface area contributed by atoms with E-state index in [0.29, 0.717) is 5.69 Å². The second-order valence-corrected chi connectivity index (χ2v) is 6.80. The third-order valence-corrected chi connectivity index (χ3v) is 5.01. The molecule has 0 saturated heterocycles. The fourth-order valence-electron chi connectivity index (χ4n) is 1.22. The molecule has 17 heavy (non-hydrogen) atoms. The summed E-state index contributed by atoms with van der Waals surface area (Å²) in [4.78, 5) is 11.1. The van der Waals surface area contributed by atoms with Crippen LogP contribution in [0.2, 0.25) is 0 Å². The molecule has 0 aliphatic carbocycles. The minimum Gasteiger partial charge on any atom is -0.398 e. The van der Waals surface area contributed by atoms with Crippen LogP contribution in [0.5, 0.6) is 0 Å². The van der Waals surface area contributed by atoms with Gasteiger partial charge in [0.05, 0.1) is 0 Å². The maximum absolute atomic E-state index is 11.9. The molecule has 8 heteroatoms. The highest BCUT2D eigenvalue weighted by molar-refractivity contribution is 7.91. The van der Waals surface area contributed by atoms with E-state index >= 15 is 0 Å². The maximum atomic E-state index is 11.9. The molecule has 1 heterocycles. The van der Waals surface area contributed by atoms with Crippen LogP contribution in [0.4, 0.5) is 5.69 Å². The van der Waals surface area contributed by atoms with E-state index in [1.807, 2.05) is 0 Å². The van der Waals surface area contributed by atoms with Gasteiger partial charge in [0.2, 0.25) is 5.91 Å². The molecule has 1 amide bonds. The number of amides is 1. The predicted molar refractivity (Wildman–Crippen MR) is 66.9 cm³/mol. The molecule has 0 aromatic carbocycles. The predicted octanol–water partition coefficient (Wildman–Crippen LogP) is 0.118. The van der Waals surface area contributed by atoms with E-state index in [2.05, 4.69) is 4.72 Å². The number of nitrogens with one attached hydrogen (secondary N) is 1. The number of carbonyl (C=O) groups excluding carboxylic acids is 1. The average molecular weight is 277 g/mol. The van der Waals surface area contributed by atoms with E-state index in [1.54, 1.807) is 13.8 Å². The summed E-state index contributed by atoms with van der Waals surface area (Å²) in [5.41, 5.74) is 11.0. The molecule has 5 N–H and O–H groups in total. The SMILES string of the molecule is CC(C)C(NS(=O)(=O)c1cc(N)cs1)C(N)=O. The van der Waals surface area contributed by atoms with Crippen molar-refractivity contribution in [2.75, 3.05) is 5.73 Å². The van der Waals surface area contributed by atoms with Gasteiger partial charge in [0.25, 0.3) is 10.0 Å². The van der Waals surface area contributed by atoms with Crippen LogP contribution in [0.25, 0.3) is 0 Å². The normalized spacial score (nSPS) is 13.8. The standard InChI is InChI=1S/C9H15N3O3S2/c1-5(2)8(9(11)13)12-17(14,15)7-3-6(10)4-16-7/h3-5,8,12H,10H2,1-2H3,(H2,11,13). The summed E-state index contributed by atoms with van der Waals surface area (Å²) in [6.07, 6.45) is 0. The molecule has 1 aromatic rings. The summed E-state index contributed by atoms with van der Waals surface area (Å²) < 4.78 is 26.1. The Kier molecular flexibility index (Phi) is 4.12. The van der Waals surface area contributed by atoms with E-state index in [1.165, 1.54) is 11.4 Å². The highest BCUT2D eigenvalue weighted by Gasteiger charge is 2.27. The van der Waals surface area contributed by atoms with Crippen molar-refractivity contribution in [2.45, 2.75) is 24.1 Å². The first-order chi connectivity index (χ1) is 7.74. The van der Waals surface area contributed by atoms with Crippen molar-refractivity contribution in [3.05, 3.63) is 11.4 Å². The Labute approximate surface area is 104 Å². The second-order valence-electron chi connectivity index (χ2n) is 3.94. The number of nitrogen functional groups attached to an aromatic ring is 1. The molecule has 6 nitrogen and oxygen atoms in total. The monoisotopic (exact) mass is 277 g/mol. The number of anilines is 1. The van der Waals surface area contributed by atoms with Gasteiger partial charge in [-0.25, -0.2) is 8.42 Å². The minimum atomic E-state index is -3.74. The molecule has 0 fully saturated rings. The second kappa shape index (κ2) is 5.03. The van der Waals surface area contributed by atoms with E-state index in [0.717, 1.165) is 11.3 Å². The van der Waals surface area contributed by atoms with Gasteiger partial charge in [0.1, 0.15) is 10.3 Å². The summed E-state index contributed by atoms with van der Waals surface area (Å²) in [5.74, 6) is -0.923. The number of rotatable bonds is 5. The molecule has 96 valence electrons. The molecule has 0 aliphatic rings. The lowest BCUT2D eigenvalue weighted by atomic mass is 10.1. The average Bonchev–Trinajstić information content (AvgIpc) is 2.61. The zero-order chi connectivity index (χ0) is 13.2. The lowest BCUT2D eigenvalue weighted by Gasteiger charge is -2.18. The largest absolute Gasteiger partial charge is 0.398 e. The highest BCUT2D eigenvalue weighted by atomic mass is 32.2. The van der Waals surface area contributed by atoms with Gasteiger partial charge in [-0.1, -0.05) is 13.8 Å². The Morgan fingerprint density at radius 1 is 1.47 bits per heavy atom. The number of primary amides is 1. The summed E-state index contributed by atoms with van der Waals surface area (Å²) in [6, 6.07) is 0.411. The van der Waals surface area contributed by atoms with Gasteiger partial charge in [0.15, 0.2) is 0 Å². The van der Waals surface area contributed by atoms with Gasteiger partial charge in [-0.15, -0.1) is 11.3 Å². The third kappa shape index (κ3) is 3.42. The van der Waals surface area contributed by atoms with E-state index in [4.69, 9.17) is 11.5 Å². The molecule has 1 aromatic heterocycles. The summed E-state index contributed by atoms with van der Waals surface area (Å²) >= 11 is 0.994. The van der Waals surface area contributed by atoms with E-state index < -0.39 is 22.0 Å². The Morgan fingerprint density at radius 3 is 2.41 bits per heavy atom. The summed E-state index contributed by atoms with van der Waals surface area (Å²) in [5, 5.41) is 1.52. The van der Waals surface area contributed by atoms with Crippen LogP contribution < -0.4 is 16.2 Å². The molecule has 1 rings (SSSR count). The molecule has 0 bridgehead atoms. The Bertz CT molecular complexity index is 507. The van der Waals surface area contributed by atoms with E-state index in [9.17, 15) is 13.2 Å². The summed E-state index contributed by atoms with van der Waals surface area (Å²) in [7, 11) is -3.74. The van der Waals surface area contributed by atoms with Gasteiger partial charge in [0, 0.05) is 11.1 Å². The number of hydrogen-bond donors (Lipinski definition) is 3. The number of sulfonamides is 1. The van der Waals surface area contributed by atoms with Crippen molar-refractivity contribution < 1.29 is 13.2 Å². The quantitative estimate of drug-likeness (QED) is 0.708. The van der Waals surface area contributed by atoms with Crippen LogP contribution in [-0.4, -0.2) is 20.4 Å². The van der Waals surface area contributed by atoms with Crippen molar-refractivity contribution in [1.82, 2.24) is 4.72 Å². The summed E-state index contributed by atoms with van der Waals surface area (Å²) in [6.45, 7) is 3.42. The van der Waals surface area contributed by atoms with Crippen LogP contribution in [0.3, 0.4) is 0 Å². The third-order valence-electron chi connectivity index (χ3n) is 2.12. The molecule has 0 saturated carbocycles. The van der Waals surface area contributed by atoms with Crippen LogP contribution in [-0.2, 0) is 14.8 Å². The van der Waals surface area contributed by atoms with Gasteiger partial charge in [-0.3, -0.25) is 4.79 Å². The fraction of sp³-hybridized carbons (Fsp3) is 0.444. The van der Waals surface area contributed by atoms with Gasteiger partial charge < -0.3 is 11.5 Å². The number of thiophene rings is 1. The molecular formula is C9H15N3O3S2. The lowest BCUT2D eigenvalue weighted by molar-refractivity contribution is -0.120. The van der Waals surface area contributed by atoms with Crippen LogP contribution >= 0.6 is 11.3 Å². The fourth-order valence-corrected chi connectivity index (χ4v) is 3.67. The van der Waals surface area contributed by atoms with Crippen molar-refractivity contribution in [3.8, 4) is 0 Å². The van der Waals surface area contributed by atoms with Crippen LogP contribution in [0, 0.1) is 5.92 Å². The molecule has 1 unspecified atom stereocenters. The highest BCUT2D eigenvalue weighted by Crippen LogP contribution is 2.22. The number of nitrogens with two attached hydrogens (primary N) is 2. The van der Waals surface area contributed by atoms with Gasteiger partial charge in [-0.05, 0) is 12.0 Å². The zero-order valence-electron chi connectivity index (χ0n) is 9.51. The van der Waals surface area contributed by atoms with Crippen molar-refractivity contribution in [2.24, 2.45) is 11.7 Å². The Balaban J connectivity index is 2.97. The Hall–Kier alpha value is -1.12. The van der Waals surface area contributed by atoms with Gasteiger partial charge >= 0.3 is 0 Å². The maximum Gasteiger partial charge on any atom is 0.250 e. The minimum absolute atomic E-state index is 0.0712. The molecule has 0 radical (unpaired) electrons. The number of carbonyl (C=O) groups is 1. The molecule has 0 spiro atoms. The Morgan fingerprint density at radius 2 is 2.06 bits per heavy atom. The molecule has 0 aliphatic heterocycles. The van der Waals surface area contributed by atoms with Crippen molar-refractivity contribution in [1.29, 1.82) is 0 Å². The lowest BCUT2D eigenvalue weighted by Crippen LogP contribution is -2.47. The molecular weight excluding hydrogens is 262 g/mol. The molecule has 1 atom stereocenters. The van der Waals surface area contributed by atoms with Gasteiger partial charge in [-0.2, -0.15) is 4.72 Å². The van der Waals surface area contributed by atoms with Crippen molar-refractivity contribution >= 4 is 33.0 Å². The smallest absolute Gasteiger partial charge is 0.250 e. The topological polar surface area (TPSA) is 115 Å².